The van der Waals surface area contributed by atoms with Gasteiger partial charge in [-0.3, -0.25) is 4.79 Å². The first-order chi connectivity index (χ1) is 14.3. The third-order valence-electron chi connectivity index (χ3n) is 4.34. The predicted octanol–water partition coefficient (Wildman–Crippen LogP) is 1.13. The molecule has 1 aliphatic heterocycles. The van der Waals surface area contributed by atoms with E-state index in [9.17, 15) is 4.79 Å². The highest BCUT2D eigenvalue weighted by atomic mass is 35.5. The number of benzene rings is 1. The van der Waals surface area contributed by atoms with E-state index < -0.39 is 5.91 Å². The normalized spacial score (nSPS) is 15.3. The van der Waals surface area contributed by atoms with Crippen molar-refractivity contribution in [3.8, 4) is 5.75 Å². The molecule has 2 rings (SSSR count). The molecule has 10 nitrogen and oxygen atoms in total. The van der Waals surface area contributed by atoms with E-state index in [-0.39, 0.29) is 46.9 Å². The number of carbonyl (C=O) groups is 1. The highest BCUT2D eigenvalue weighted by Crippen LogP contribution is 2.27. The number of nitrogens with zero attached hydrogens (tertiary/aromatic N) is 2. The van der Waals surface area contributed by atoms with Crippen LogP contribution in [0.4, 0.5) is 0 Å². The summed E-state index contributed by atoms with van der Waals surface area (Å²) in [5.74, 6) is -0.157. The number of halogens is 2. The van der Waals surface area contributed by atoms with Gasteiger partial charge < -0.3 is 37.7 Å². The molecule has 0 aromatic heterocycles. The van der Waals surface area contributed by atoms with E-state index in [1.54, 1.807) is 7.11 Å². The average molecular weight is 474 g/mol. The van der Waals surface area contributed by atoms with E-state index >= 15 is 0 Å². The molecule has 0 aliphatic carbocycles. The summed E-state index contributed by atoms with van der Waals surface area (Å²) in [4.78, 5) is 17.4. The lowest BCUT2D eigenvalue weighted by molar-refractivity contribution is -0.115. The van der Waals surface area contributed by atoms with Gasteiger partial charge in [0.05, 0.1) is 12.6 Å². The summed E-state index contributed by atoms with van der Waals surface area (Å²) in [6.07, 6.45) is 1.58. The fraction of sp³-hybridized carbons (Fsp3) is 0.368. The molecule has 1 atom stereocenters. The lowest BCUT2D eigenvalue weighted by atomic mass is 10.0. The van der Waals surface area contributed by atoms with E-state index in [1.165, 1.54) is 4.90 Å². The van der Waals surface area contributed by atoms with Crippen molar-refractivity contribution in [2.24, 2.45) is 27.9 Å². The molecule has 12 heteroatoms. The highest BCUT2D eigenvalue weighted by molar-refractivity contribution is 6.30. The topological polar surface area (TPSA) is 167 Å². The molecule has 1 aromatic carbocycles. The van der Waals surface area contributed by atoms with Crippen LogP contribution in [0.15, 0.2) is 51.8 Å². The van der Waals surface area contributed by atoms with Gasteiger partial charge >= 0.3 is 0 Å². The summed E-state index contributed by atoms with van der Waals surface area (Å²) in [7, 11) is 1.62. The number of ether oxygens (including phenoxy) is 2. The monoisotopic (exact) mass is 473 g/mol. The maximum Gasteiger partial charge on any atom is 0.268 e. The molecule has 1 amide bonds. The van der Waals surface area contributed by atoms with Gasteiger partial charge in [0.1, 0.15) is 34.9 Å². The Kier molecular flexibility index (Phi) is 10.3. The molecule has 0 saturated heterocycles. The van der Waals surface area contributed by atoms with Crippen LogP contribution < -0.4 is 33.0 Å². The third kappa shape index (κ3) is 6.58. The van der Waals surface area contributed by atoms with Crippen molar-refractivity contribution >= 4 is 35.9 Å². The molecule has 0 spiro atoms. The minimum Gasteiger partial charge on any atom is -0.491 e. The molecule has 0 bridgehead atoms. The zero-order valence-corrected chi connectivity index (χ0v) is 19.0. The van der Waals surface area contributed by atoms with Crippen molar-refractivity contribution in [2.45, 2.75) is 25.8 Å². The van der Waals surface area contributed by atoms with Crippen LogP contribution in [0, 0.1) is 0 Å². The van der Waals surface area contributed by atoms with Crippen LogP contribution in [0.25, 0.3) is 0 Å². The van der Waals surface area contributed by atoms with Crippen LogP contribution >= 0.6 is 24.0 Å². The Morgan fingerprint density at radius 2 is 1.84 bits per heavy atom. The van der Waals surface area contributed by atoms with Crippen LogP contribution in [-0.4, -0.2) is 37.1 Å². The number of aliphatic imine (C=N–C) groups is 1. The van der Waals surface area contributed by atoms with Crippen molar-refractivity contribution in [1.29, 1.82) is 0 Å². The van der Waals surface area contributed by atoms with Crippen LogP contribution in [0.2, 0.25) is 0 Å². The first-order valence-corrected chi connectivity index (χ1v) is 9.74. The van der Waals surface area contributed by atoms with Gasteiger partial charge in [-0.1, -0.05) is 37.1 Å². The van der Waals surface area contributed by atoms with Crippen molar-refractivity contribution in [2.75, 3.05) is 20.3 Å². The molecule has 172 valence electrons. The molecule has 0 radical (unpaired) electrons. The van der Waals surface area contributed by atoms with Crippen LogP contribution in [-0.2, 0) is 9.53 Å². The van der Waals surface area contributed by atoms with Gasteiger partial charge in [0.2, 0.25) is 5.96 Å². The second-order valence-corrected chi connectivity index (χ2v) is 6.86. The molecule has 9 N–H and O–H groups in total. The first kappa shape index (κ1) is 26.2. The fourth-order valence-corrected chi connectivity index (χ4v) is 3.02. The Bertz CT molecular complexity index is 857. The molecule has 1 aromatic rings. The number of nitrogens with two attached hydrogens (primary N) is 4. The Labute approximate surface area is 192 Å². The number of hydrogen-bond acceptors (Lipinski definition) is 7. The van der Waals surface area contributed by atoms with Gasteiger partial charge in [0.25, 0.3) is 5.91 Å². The standard InChI is InChI=1S/C19H28ClN7O3.ClH/c1-3-4-13(11-5-7-12(8-6-11)30-10-9-29-2)25-19(24)27-16(21)14(18(23)28)26-15(20)17(27)22;/h5-8,13,26H,3-4,9-10,21-22H2,1-2H3,(H2,23,28)(H2,24,25);1H. The number of hydrogen-bond donors (Lipinski definition) is 5. The zero-order valence-electron chi connectivity index (χ0n) is 17.4. The van der Waals surface area contributed by atoms with Crippen molar-refractivity contribution in [1.82, 2.24) is 10.2 Å². The van der Waals surface area contributed by atoms with E-state index in [2.05, 4.69) is 10.3 Å². The largest absolute Gasteiger partial charge is 0.491 e. The summed E-state index contributed by atoms with van der Waals surface area (Å²) >= 11 is 6.07. The number of primary amides is 1. The molecule has 31 heavy (non-hydrogen) atoms. The van der Waals surface area contributed by atoms with Gasteiger partial charge in [-0.15, -0.1) is 12.4 Å². The van der Waals surface area contributed by atoms with Crippen molar-refractivity contribution in [3.63, 3.8) is 0 Å². The van der Waals surface area contributed by atoms with E-state index in [0.717, 1.165) is 24.2 Å². The second-order valence-electron chi connectivity index (χ2n) is 6.49. The van der Waals surface area contributed by atoms with Crippen LogP contribution in [0.5, 0.6) is 5.75 Å². The van der Waals surface area contributed by atoms with Gasteiger partial charge in [-0.05, 0) is 24.1 Å². The number of guanidine groups is 1. The second kappa shape index (κ2) is 12.1. The van der Waals surface area contributed by atoms with E-state index in [1.807, 2.05) is 31.2 Å². The maximum atomic E-state index is 11.6. The number of methoxy groups -OCH3 is 1. The smallest absolute Gasteiger partial charge is 0.268 e. The molecule has 1 unspecified atom stereocenters. The molecule has 0 saturated carbocycles. The van der Waals surface area contributed by atoms with Gasteiger partial charge in [0, 0.05) is 7.11 Å². The Balaban J connectivity index is 0.00000480. The number of rotatable bonds is 9. The Hall–Kier alpha value is -2.82. The summed E-state index contributed by atoms with van der Waals surface area (Å²) in [6.45, 7) is 3.00. The summed E-state index contributed by atoms with van der Waals surface area (Å²) in [6, 6.07) is 7.27. The SMILES string of the molecule is CCCC(N=C(N)N1C(N)=C(Cl)NC(C(N)=O)=C1N)c1ccc(OCCOC)cc1.Cl. The van der Waals surface area contributed by atoms with Crippen LogP contribution in [0.3, 0.4) is 0 Å². The molecule has 1 aliphatic rings. The van der Waals surface area contributed by atoms with Gasteiger partial charge in [-0.2, -0.15) is 0 Å². The van der Waals surface area contributed by atoms with E-state index in [4.69, 9.17) is 44.0 Å². The minimum atomic E-state index is -0.801. The van der Waals surface area contributed by atoms with E-state index in [0.29, 0.717) is 13.2 Å². The quantitative estimate of drug-likeness (QED) is 0.154. The third-order valence-corrected chi connectivity index (χ3v) is 4.63. The number of amides is 1. The summed E-state index contributed by atoms with van der Waals surface area (Å²) < 4.78 is 10.6. The molecular formula is C19H29Cl2N7O3. The molecular weight excluding hydrogens is 445 g/mol. The minimum absolute atomic E-state index is 0. The average Bonchev–Trinajstić information content (AvgIpc) is 2.71. The fourth-order valence-electron chi connectivity index (χ4n) is 2.84. The Morgan fingerprint density at radius 1 is 1.19 bits per heavy atom. The lowest BCUT2D eigenvalue weighted by Gasteiger charge is -2.31. The first-order valence-electron chi connectivity index (χ1n) is 9.37. The van der Waals surface area contributed by atoms with Gasteiger partial charge in [0.15, 0.2) is 0 Å². The van der Waals surface area contributed by atoms with Crippen molar-refractivity contribution < 1.29 is 14.3 Å². The molecule has 1 heterocycles. The number of carbonyl (C=O) groups excluding carboxylic acids is 1. The zero-order chi connectivity index (χ0) is 22.3. The van der Waals surface area contributed by atoms with Crippen LogP contribution in [0.1, 0.15) is 31.4 Å². The number of nitrogens with one attached hydrogen (secondary N) is 1. The predicted molar refractivity (Wildman–Crippen MR) is 123 cm³/mol. The summed E-state index contributed by atoms with van der Waals surface area (Å²) in [5, 5.41) is 2.54. The van der Waals surface area contributed by atoms with Crippen molar-refractivity contribution in [3.05, 3.63) is 52.3 Å². The lowest BCUT2D eigenvalue weighted by Crippen LogP contribution is -2.49. The van der Waals surface area contributed by atoms with Gasteiger partial charge in [-0.25, -0.2) is 9.89 Å². The maximum absolute atomic E-state index is 11.6. The Morgan fingerprint density at radius 3 is 2.39 bits per heavy atom. The molecule has 0 fully saturated rings. The summed E-state index contributed by atoms with van der Waals surface area (Å²) in [5.41, 5.74) is 24.4. The highest BCUT2D eigenvalue weighted by Gasteiger charge is 2.29.